The van der Waals surface area contributed by atoms with Gasteiger partial charge in [0.1, 0.15) is 0 Å². The molecule has 2 aromatic heterocycles. The highest BCUT2D eigenvalue weighted by Gasteiger charge is 2.20. The molecule has 116 valence electrons. The van der Waals surface area contributed by atoms with Gasteiger partial charge in [0.25, 0.3) is 0 Å². The van der Waals surface area contributed by atoms with E-state index in [-0.39, 0.29) is 5.41 Å². The first-order valence-electron chi connectivity index (χ1n) is 7.25. The van der Waals surface area contributed by atoms with E-state index in [4.69, 9.17) is 4.98 Å². The van der Waals surface area contributed by atoms with Crippen molar-refractivity contribution < 1.29 is 0 Å². The molecule has 2 aromatic rings. The summed E-state index contributed by atoms with van der Waals surface area (Å²) in [7, 11) is 0. The highest BCUT2D eigenvalue weighted by Crippen LogP contribution is 2.34. The van der Waals surface area contributed by atoms with Crippen LogP contribution in [-0.2, 0) is 11.8 Å². The number of nitrogens with zero attached hydrogens (tertiary/aromatic N) is 1. The number of aromatic nitrogens is 1. The predicted octanol–water partition coefficient (Wildman–Crippen LogP) is 5.47. The van der Waals surface area contributed by atoms with E-state index < -0.39 is 0 Å². The molecule has 0 aromatic carbocycles. The molecule has 0 saturated heterocycles. The molecular formula is C16H23BrN2S2. The zero-order valence-corrected chi connectivity index (χ0v) is 16.5. The molecule has 0 radical (unpaired) electrons. The molecule has 1 unspecified atom stereocenters. The lowest BCUT2D eigenvalue weighted by Gasteiger charge is -2.16. The standard InChI is InChI=1S/C16H23BrN2S2/c1-6-18-11(12-7-10(2)15(17)21-12)8-14-19-13(9-20-14)16(3,4)5/h7,9,11,18H,6,8H2,1-5H3. The van der Waals surface area contributed by atoms with Crippen LogP contribution in [0.1, 0.15) is 54.9 Å². The van der Waals surface area contributed by atoms with E-state index in [9.17, 15) is 0 Å². The van der Waals surface area contributed by atoms with Crippen LogP contribution >= 0.6 is 38.6 Å². The maximum Gasteiger partial charge on any atom is 0.0947 e. The Kier molecular flexibility index (Phi) is 5.63. The normalized spacial score (nSPS) is 13.6. The minimum atomic E-state index is 0.130. The average molecular weight is 387 g/mol. The lowest BCUT2D eigenvalue weighted by atomic mass is 9.93. The topological polar surface area (TPSA) is 24.9 Å². The van der Waals surface area contributed by atoms with Crippen molar-refractivity contribution in [2.24, 2.45) is 0 Å². The fourth-order valence-electron chi connectivity index (χ4n) is 2.10. The number of thiazole rings is 1. The van der Waals surface area contributed by atoms with Gasteiger partial charge in [-0.25, -0.2) is 4.98 Å². The van der Waals surface area contributed by atoms with Gasteiger partial charge in [-0.1, -0.05) is 27.7 Å². The van der Waals surface area contributed by atoms with Gasteiger partial charge in [0.2, 0.25) is 0 Å². The Balaban J connectivity index is 2.18. The van der Waals surface area contributed by atoms with E-state index in [0.29, 0.717) is 6.04 Å². The summed E-state index contributed by atoms with van der Waals surface area (Å²) < 4.78 is 1.23. The predicted molar refractivity (Wildman–Crippen MR) is 97.7 cm³/mol. The molecule has 0 aliphatic heterocycles. The van der Waals surface area contributed by atoms with Crippen LogP contribution in [0.3, 0.4) is 0 Å². The van der Waals surface area contributed by atoms with Crippen LogP contribution in [0.25, 0.3) is 0 Å². The Bertz CT molecular complexity index is 576. The Morgan fingerprint density at radius 3 is 2.57 bits per heavy atom. The van der Waals surface area contributed by atoms with E-state index in [2.05, 4.69) is 67.3 Å². The lowest BCUT2D eigenvalue weighted by Crippen LogP contribution is -2.22. The second kappa shape index (κ2) is 6.90. The maximum absolute atomic E-state index is 4.83. The molecule has 1 atom stereocenters. The molecule has 0 amide bonds. The first-order valence-corrected chi connectivity index (χ1v) is 9.74. The third-order valence-electron chi connectivity index (χ3n) is 3.37. The van der Waals surface area contributed by atoms with Gasteiger partial charge >= 0.3 is 0 Å². The Hall–Kier alpha value is -0.230. The number of aryl methyl sites for hydroxylation is 1. The highest BCUT2D eigenvalue weighted by molar-refractivity contribution is 9.11. The third kappa shape index (κ3) is 4.38. The minimum Gasteiger partial charge on any atom is -0.309 e. The molecule has 0 aliphatic rings. The second-order valence-corrected chi connectivity index (χ2v) is 9.64. The summed E-state index contributed by atoms with van der Waals surface area (Å²) in [6.45, 7) is 11.9. The number of halogens is 1. The van der Waals surface area contributed by atoms with Crippen LogP contribution in [0.2, 0.25) is 0 Å². The van der Waals surface area contributed by atoms with Crippen molar-refractivity contribution in [3.63, 3.8) is 0 Å². The van der Waals surface area contributed by atoms with E-state index in [0.717, 1.165) is 13.0 Å². The van der Waals surface area contributed by atoms with E-state index in [1.165, 1.54) is 24.9 Å². The van der Waals surface area contributed by atoms with Crippen LogP contribution in [0, 0.1) is 6.92 Å². The molecule has 0 saturated carbocycles. The molecule has 0 spiro atoms. The molecule has 0 fully saturated rings. The van der Waals surface area contributed by atoms with Gasteiger partial charge in [-0.15, -0.1) is 22.7 Å². The second-order valence-electron chi connectivity index (χ2n) is 6.30. The summed E-state index contributed by atoms with van der Waals surface area (Å²) in [5, 5.41) is 7.01. The Labute approximate surface area is 144 Å². The molecule has 1 N–H and O–H groups in total. The van der Waals surface area contributed by atoms with Crippen LogP contribution in [0.5, 0.6) is 0 Å². The van der Waals surface area contributed by atoms with Gasteiger partial charge in [0.15, 0.2) is 0 Å². The molecule has 0 aliphatic carbocycles. The van der Waals surface area contributed by atoms with Crippen molar-refractivity contribution in [3.05, 3.63) is 36.4 Å². The van der Waals surface area contributed by atoms with Gasteiger partial charge in [0, 0.05) is 28.1 Å². The van der Waals surface area contributed by atoms with Crippen molar-refractivity contribution in [1.82, 2.24) is 10.3 Å². The molecule has 2 rings (SSSR count). The summed E-state index contributed by atoms with van der Waals surface area (Å²) >= 11 is 7.23. The van der Waals surface area contributed by atoms with Gasteiger partial charge in [0.05, 0.1) is 14.5 Å². The highest BCUT2D eigenvalue weighted by atomic mass is 79.9. The quantitative estimate of drug-likeness (QED) is 0.736. The van der Waals surface area contributed by atoms with Crippen LogP contribution in [0.4, 0.5) is 0 Å². The van der Waals surface area contributed by atoms with Crippen LogP contribution in [-0.4, -0.2) is 11.5 Å². The molecule has 21 heavy (non-hydrogen) atoms. The number of thiophene rings is 1. The van der Waals surface area contributed by atoms with E-state index in [1.807, 2.05) is 11.3 Å². The SMILES string of the molecule is CCNC(Cc1nc(C(C)(C)C)cs1)c1cc(C)c(Br)s1. The first-order chi connectivity index (χ1) is 9.81. The molecular weight excluding hydrogens is 364 g/mol. The average Bonchev–Trinajstić information content (AvgIpc) is 2.97. The van der Waals surface area contributed by atoms with Crippen LogP contribution < -0.4 is 5.32 Å². The summed E-state index contributed by atoms with van der Waals surface area (Å²) in [6.07, 6.45) is 0.959. The van der Waals surface area contributed by atoms with Gasteiger partial charge in [-0.2, -0.15) is 0 Å². The van der Waals surface area contributed by atoms with Crippen molar-refractivity contribution in [1.29, 1.82) is 0 Å². The monoisotopic (exact) mass is 386 g/mol. The zero-order valence-electron chi connectivity index (χ0n) is 13.3. The van der Waals surface area contributed by atoms with Crippen molar-refractivity contribution in [2.45, 2.75) is 52.5 Å². The van der Waals surface area contributed by atoms with Crippen LogP contribution in [0.15, 0.2) is 15.2 Å². The van der Waals surface area contributed by atoms with E-state index in [1.54, 1.807) is 11.3 Å². The fraction of sp³-hybridized carbons (Fsp3) is 0.562. The molecule has 5 heteroatoms. The summed E-state index contributed by atoms with van der Waals surface area (Å²) in [5.74, 6) is 0. The number of nitrogens with one attached hydrogen (secondary N) is 1. The summed E-state index contributed by atoms with van der Waals surface area (Å²) in [6, 6.07) is 2.63. The zero-order chi connectivity index (χ0) is 15.6. The van der Waals surface area contributed by atoms with E-state index >= 15 is 0 Å². The number of rotatable bonds is 5. The molecule has 2 heterocycles. The first kappa shape index (κ1) is 17.1. The molecule has 0 bridgehead atoms. The van der Waals surface area contributed by atoms with Gasteiger partial charge < -0.3 is 5.32 Å². The third-order valence-corrected chi connectivity index (χ3v) is 6.49. The molecule has 2 nitrogen and oxygen atoms in total. The lowest BCUT2D eigenvalue weighted by molar-refractivity contribution is 0.545. The smallest absolute Gasteiger partial charge is 0.0947 e. The minimum absolute atomic E-state index is 0.130. The van der Waals surface area contributed by atoms with Crippen molar-refractivity contribution in [2.75, 3.05) is 6.54 Å². The van der Waals surface area contributed by atoms with Gasteiger partial charge in [-0.3, -0.25) is 0 Å². The summed E-state index contributed by atoms with van der Waals surface area (Å²) in [4.78, 5) is 6.21. The number of likely N-dealkylation sites (N-methyl/N-ethyl adjacent to an activating group) is 1. The maximum atomic E-state index is 4.83. The Morgan fingerprint density at radius 2 is 2.10 bits per heavy atom. The number of hydrogen-bond acceptors (Lipinski definition) is 4. The largest absolute Gasteiger partial charge is 0.309 e. The van der Waals surface area contributed by atoms with Gasteiger partial charge in [-0.05, 0) is 41.0 Å². The fourth-order valence-corrected chi connectivity index (χ4v) is 4.81. The van der Waals surface area contributed by atoms with Crippen molar-refractivity contribution in [3.8, 4) is 0 Å². The van der Waals surface area contributed by atoms with Crippen molar-refractivity contribution >= 4 is 38.6 Å². The summed E-state index contributed by atoms with van der Waals surface area (Å²) in [5.41, 5.74) is 2.64. The Morgan fingerprint density at radius 1 is 1.38 bits per heavy atom. The number of hydrogen-bond donors (Lipinski definition) is 1.